The minimum absolute atomic E-state index is 0.0131. The highest BCUT2D eigenvalue weighted by Gasteiger charge is 2.25. The van der Waals surface area contributed by atoms with Crippen molar-refractivity contribution in [2.45, 2.75) is 58.1 Å². The second-order valence-electron chi connectivity index (χ2n) is 9.40. The molecule has 3 rings (SSSR count). The number of nitrogens with one attached hydrogen (secondary N) is 2. The van der Waals surface area contributed by atoms with Crippen molar-refractivity contribution in [2.24, 2.45) is 17.4 Å². The first-order valence-corrected chi connectivity index (χ1v) is 13.0. The number of carbonyl (C=O) groups is 3. The predicted molar refractivity (Wildman–Crippen MR) is 140 cm³/mol. The Labute approximate surface area is 218 Å². The Kier molecular flexibility index (Phi) is 9.76. The number of hydrogen-bond acceptors (Lipinski definition) is 6. The third-order valence-corrected chi connectivity index (χ3v) is 7.03. The van der Waals surface area contributed by atoms with Gasteiger partial charge in [0.25, 0.3) is 5.91 Å². The molecule has 8 nitrogen and oxygen atoms in total. The van der Waals surface area contributed by atoms with Gasteiger partial charge in [-0.15, -0.1) is 11.3 Å². The van der Waals surface area contributed by atoms with Crippen molar-refractivity contribution >= 4 is 40.3 Å². The first-order valence-electron chi connectivity index (χ1n) is 12.1. The van der Waals surface area contributed by atoms with E-state index in [4.69, 9.17) is 16.2 Å². The molecule has 1 aliphatic rings. The number of primary amides is 2. The Hall–Kier alpha value is -3.31. The van der Waals surface area contributed by atoms with Gasteiger partial charge in [-0.1, -0.05) is 26.0 Å². The quantitative estimate of drug-likeness (QED) is 0.307. The van der Waals surface area contributed by atoms with Crippen molar-refractivity contribution in [2.75, 3.05) is 11.9 Å². The molecule has 1 aromatic heterocycles. The van der Waals surface area contributed by atoms with E-state index in [-0.39, 0.29) is 51.1 Å². The molecule has 3 amide bonds. The van der Waals surface area contributed by atoms with E-state index in [1.165, 1.54) is 12.1 Å². The molecule has 200 valence electrons. The zero-order valence-electron chi connectivity index (χ0n) is 20.8. The van der Waals surface area contributed by atoms with Crippen molar-refractivity contribution < 1.29 is 27.9 Å². The van der Waals surface area contributed by atoms with Gasteiger partial charge in [0.05, 0.1) is 5.56 Å². The fourth-order valence-electron chi connectivity index (χ4n) is 4.17. The molecule has 0 spiro atoms. The first kappa shape index (κ1) is 28.3. The highest BCUT2D eigenvalue weighted by molar-refractivity contribution is 7.20. The Morgan fingerprint density at radius 2 is 1.84 bits per heavy atom. The van der Waals surface area contributed by atoms with Crippen molar-refractivity contribution in [1.82, 2.24) is 5.32 Å². The van der Waals surface area contributed by atoms with E-state index in [1.54, 1.807) is 6.08 Å². The van der Waals surface area contributed by atoms with E-state index in [0.29, 0.717) is 6.42 Å². The van der Waals surface area contributed by atoms with Crippen LogP contribution >= 0.6 is 11.3 Å². The van der Waals surface area contributed by atoms with Crippen LogP contribution in [0.4, 0.5) is 18.6 Å². The summed E-state index contributed by atoms with van der Waals surface area (Å²) in [6.45, 7) is 4.29. The summed E-state index contributed by atoms with van der Waals surface area (Å²) in [5.74, 6) is -2.28. The molecule has 6 N–H and O–H groups in total. The predicted octanol–water partition coefficient (Wildman–Crippen LogP) is 4.79. The van der Waals surface area contributed by atoms with Gasteiger partial charge in [-0.3, -0.25) is 14.9 Å². The molecule has 11 heteroatoms. The number of benzene rings is 1. The van der Waals surface area contributed by atoms with Gasteiger partial charge in [0.1, 0.15) is 28.8 Å². The van der Waals surface area contributed by atoms with Crippen LogP contribution in [0.5, 0.6) is 0 Å². The molecule has 1 aliphatic carbocycles. The maximum atomic E-state index is 14.9. The van der Waals surface area contributed by atoms with Gasteiger partial charge >= 0.3 is 12.0 Å². The molecule has 0 unspecified atom stereocenters. The number of rotatable bonds is 11. The van der Waals surface area contributed by atoms with Crippen molar-refractivity contribution in [3.63, 3.8) is 0 Å². The van der Waals surface area contributed by atoms with Crippen LogP contribution in [0, 0.1) is 17.6 Å². The summed E-state index contributed by atoms with van der Waals surface area (Å²) in [7, 11) is 0. The fourth-order valence-corrected chi connectivity index (χ4v) is 5.26. The van der Waals surface area contributed by atoms with Crippen LogP contribution in [-0.4, -0.2) is 36.6 Å². The number of hydrogen-bond donors (Lipinski definition) is 4. The second-order valence-corrected chi connectivity index (χ2v) is 10.4. The topological polar surface area (TPSA) is 137 Å². The fraction of sp³-hybridized carbons (Fsp3) is 0.423. The smallest absolute Gasteiger partial charge is 0.323 e. The van der Waals surface area contributed by atoms with Crippen molar-refractivity contribution in [1.29, 1.82) is 0 Å². The molecule has 1 atom stereocenters. The Balaban J connectivity index is 1.70. The van der Waals surface area contributed by atoms with Crippen LogP contribution in [0.25, 0.3) is 16.5 Å². The van der Waals surface area contributed by atoms with Gasteiger partial charge in [-0.05, 0) is 56.2 Å². The molecule has 2 aromatic rings. The number of anilines is 1. The number of ether oxygens (including phenoxy) is 1. The van der Waals surface area contributed by atoms with Crippen LogP contribution in [0.15, 0.2) is 24.3 Å². The van der Waals surface area contributed by atoms with E-state index in [9.17, 15) is 23.2 Å². The zero-order chi connectivity index (χ0) is 27.1. The number of thiophene rings is 1. The minimum atomic E-state index is -0.918. The van der Waals surface area contributed by atoms with Crippen LogP contribution < -0.4 is 22.1 Å². The summed E-state index contributed by atoms with van der Waals surface area (Å²) in [6, 6.07) is 1.91. The molecule has 0 radical (unpaired) electrons. The number of halogens is 2. The summed E-state index contributed by atoms with van der Waals surface area (Å²) < 4.78 is 35.4. The van der Waals surface area contributed by atoms with Crippen LogP contribution in [0.2, 0.25) is 0 Å². The number of esters is 1. The third-order valence-electron chi connectivity index (χ3n) is 5.94. The van der Waals surface area contributed by atoms with E-state index < -0.39 is 29.6 Å². The Bertz CT molecular complexity index is 1180. The van der Waals surface area contributed by atoms with Gasteiger partial charge in [0.2, 0.25) is 0 Å². The highest BCUT2D eigenvalue weighted by Crippen LogP contribution is 2.37. The van der Waals surface area contributed by atoms with E-state index >= 15 is 0 Å². The molecular formula is C26H32F2N4O4S. The van der Waals surface area contributed by atoms with Crippen molar-refractivity contribution in [3.05, 3.63) is 47.0 Å². The largest absolute Gasteiger partial charge is 0.461 e. The third kappa shape index (κ3) is 7.83. The molecule has 0 saturated heterocycles. The molecule has 37 heavy (non-hydrogen) atoms. The highest BCUT2D eigenvalue weighted by atomic mass is 32.1. The molecule has 1 fully saturated rings. The van der Waals surface area contributed by atoms with Crippen LogP contribution in [0.3, 0.4) is 0 Å². The van der Waals surface area contributed by atoms with Crippen molar-refractivity contribution in [3.8, 4) is 10.4 Å². The number of nitrogens with two attached hydrogens (primary N) is 2. The molecule has 1 heterocycles. The van der Waals surface area contributed by atoms with Crippen LogP contribution in [0.1, 0.15) is 61.9 Å². The van der Waals surface area contributed by atoms with Crippen LogP contribution in [-0.2, 0) is 9.53 Å². The first-order chi connectivity index (χ1) is 17.5. The Morgan fingerprint density at radius 1 is 1.14 bits per heavy atom. The molecule has 0 aliphatic heterocycles. The van der Waals surface area contributed by atoms with Gasteiger partial charge < -0.3 is 21.5 Å². The van der Waals surface area contributed by atoms with Gasteiger partial charge in [-0.25, -0.2) is 13.6 Å². The summed E-state index contributed by atoms with van der Waals surface area (Å²) in [6.07, 6.45) is 7.50. The summed E-state index contributed by atoms with van der Waals surface area (Å²) >= 11 is 0.850. The monoisotopic (exact) mass is 534 g/mol. The summed E-state index contributed by atoms with van der Waals surface area (Å²) in [4.78, 5) is 35.7. The maximum absolute atomic E-state index is 14.9. The number of carbonyl (C=O) groups excluding carboxylic acids is 3. The summed E-state index contributed by atoms with van der Waals surface area (Å²) in [5, 5.41) is 5.45. The van der Waals surface area contributed by atoms with Gasteiger partial charge in [0, 0.05) is 22.5 Å². The summed E-state index contributed by atoms with van der Waals surface area (Å²) in [5.41, 5.74) is 10.3. The standard InChI is InChI=1S/C26H32F2N4O4S/c1-14(2)10-21(25(34)36-16-7-3-4-8-16)31-9-5-6-15-11-20(28)17(12-19(15)27)22-13-18(23(29)33)24(37-22)32-26(30)35/h5-6,11-14,16,21,31H,3-4,7-10H2,1-2H3,(H2,29,33)(H3,30,32,35)/t21-/m0/s1. The maximum Gasteiger partial charge on any atom is 0.323 e. The lowest BCUT2D eigenvalue weighted by atomic mass is 10.0. The zero-order valence-corrected chi connectivity index (χ0v) is 21.6. The minimum Gasteiger partial charge on any atom is -0.461 e. The molecular weight excluding hydrogens is 502 g/mol. The lowest BCUT2D eigenvalue weighted by Crippen LogP contribution is -2.40. The molecule has 1 aromatic carbocycles. The van der Waals surface area contributed by atoms with Gasteiger partial charge in [-0.2, -0.15) is 0 Å². The van der Waals surface area contributed by atoms with E-state index in [1.807, 2.05) is 13.8 Å². The lowest BCUT2D eigenvalue weighted by molar-refractivity contribution is -0.151. The normalized spacial score (nSPS) is 14.8. The molecule has 1 saturated carbocycles. The average Bonchev–Trinajstić information content (AvgIpc) is 3.47. The lowest BCUT2D eigenvalue weighted by Gasteiger charge is -2.21. The SMILES string of the molecule is CC(C)C[C@H](NCC=Cc1cc(F)c(-c2cc(C(N)=O)c(NC(N)=O)s2)cc1F)C(=O)OC1CCCC1. The second kappa shape index (κ2) is 12.8. The number of urea groups is 1. The van der Waals surface area contributed by atoms with E-state index in [0.717, 1.165) is 49.2 Å². The average molecular weight is 535 g/mol. The van der Waals surface area contributed by atoms with E-state index in [2.05, 4.69) is 10.6 Å². The number of amides is 3. The Morgan fingerprint density at radius 3 is 2.46 bits per heavy atom. The van der Waals surface area contributed by atoms with Gasteiger partial charge in [0.15, 0.2) is 0 Å². The molecule has 0 bridgehead atoms.